The quantitative estimate of drug-likeness (QED) is 0.671. The van der Waals surface area contributed by atoms with Gasteiger partial charge in [-0.05, 0) is 24.3 Å². The summed E-state index contributed by atoms with van der Waals surface area (Å²) in [7, 11) is 0. The van der Waals surface area contributed by atoms with Crippen molar-refractivity contribution in [1.82, 2.24) is 0 Å². The second kappa shape index (κ2) is 6.22. The molecule has 0 bridgehead atoms. The zero-order chi connectivity index (χ0) is 18.4. The fourth-order valence-electron chi connectivity index (χ4n) is 4.02. The number of allylic oxidation sites excluding steroid dienone is 1. The van der Waals surface area contributed by atoms with E-state index in [1.165, 1.54) is 0 Å². The van der Waals surface area contributed by atoms with Crippen LogP contribution >= 0.6 is 0 Å². The van der Waals surface area contributed by atoms with E-state index < -0.39 is 29.1 Å². The molecule has 1 heterocycles. The number of alkyl halides is 2. The Bertz CT molecular complexity index is 685. The maximum Gasteiger partial charge on any atom is 0.279 e. The SMILES string of the molecule is CCC(C)(C)C(=O)C(C)C1C/C(=C2/CO2)C(F)(F)C1c1ccccc1. The van der Waals surface area contributed by atoms with Gasteiger partial charge in [0, 0.05) is 16.9 Å². The van der Waals surface area contributed by atoms with Crippen LogP contribution in [0.3, 0.4) is 0 Å². The van der Waals surface area contributed by atoms with E-state index in [-0.39, 0.29) is 17.8 Å². The number of benzene rings is 1. The number of hydrogen-bond donors (Lipinski definition) is 0. The Kier molecular flexibility index (Phi) is 4.50. The number of halogens is 2. The number of carbonyl (C=O) groups excluding carboxylic acids is 1. The van der Waals surface area contributed by atoms with Gasteiger partial charge in [0.15, 0.2) is 0 Å². The van der Waals surface area contributed by atoms with Crippen LogP contribution in [0.25, 0.3) is 0 Å². The Balaban J connectivity index is 2.02. The summed E-state index contributed by atoms with van der Waals surface area (Å²) >= 11 is 0. The lowest BCUT2D eigenvalue weighted by molar-refractivity contribution is -0.133. The van der Waals surface area contributed by atoms with Crippen LogP contribution in [0.1, 0.15) is 52.0 Å². The van der Waals surface area contributed by atoms with Gasteiger partial charge < -0.3 is 4.74 Å². The average Bonchev–Trinajstić information content (AvgIpc) is 3.38. The molecule has 0 spiro atoms. The van der Waals surface area contributed by atoms with Crippen LogP contribution in [-0.4, -0.2) is 18.3 Å². The van der Waals surface area contributed by atoms with Crippen molar-refractivity contribution in [3.8, 4) is 0 Å². The lowest BCUT2D eigenvalue weighted by Crippen LogP contribution is -2.36. The Hall–Kier alpha value is -1.71. The standard InChI is InChI=1S/C21H26F2O2/c1-5-20(3,4)19(24)13(2)15-11-16(17-12-25-17)21(22,23)18(15)14-9-7-6-8-10-14/h6-10,13,15,18H,5,11-12H2,1-4H3/b17-16+. The highest BCUT2D eigenvalue weighted by atomic mass is 19.3. The first-order valence-corrected chi connectivity index (χ1v) is 9.02. The van der Waals surface area contributed by atoms with Gasteiger partial charge in [0.1, 0.15) is 18.1 Å². The van der Waals surface area contributed by atoms with Crippen LogP contribution in [0.15, 0.2) is 41.7 Å². The van der Waals surface area contributed by atoms with Crippen LogP contribution in [0.4, 0.5) is 8.78 Å². The molecule has 3 unspecified atom stereocenters. The van der Waals surface area contributed by atoms with Gasteiger partial charge in [-0.25, -0.2) is 8.78 Å². The van der Waals surface area contributed by atoms with Crippen molar-refractivity contribution in [2.24, 2.45) is 17.3 Å². The summed E-state index contributed by atoms with van der Waals surface area (Å²) in [6.07, 6.45) is 0.931. The lowest BCUT2D eigenvalue weighted by Gasteiger charge is -2.32. The first-order valence-electron chi connectivity index (χ1n) is 9.02. The molecule has 0 aromatic heterocycles. The summed E-state index contributed by atoms with van der Waals surface area (Å²) in [4.78, 5) is 13.0. The number of ketones is 1. The normalized spacial score (nSPS) is 29.2. The molecule has 3 atom stereocenters. The fraction of sp³-hybridized carbons (Fsp3) is 0.571. The van der Waals surface area contributed by atoms with Gasteiger partial charge in [0.05, 0.1) is 5.92 Å². The van der Waals surface area contributed by atoms with Gasteiger partial charge in [-0.15, -0.1) is 0 Å². The van der Waals surface area contributed by atoms with Crippen LogP contribution in [0.5, 0.6) is 0 Å². The average molecular weight is 348 g/mol. The number of epoxide rings is 1. The number of rotatable bonds is 5. The van der Waals surface area contributed by atoms with E-state index in [2.05, 4.69) is 0 Å². The summed E-state index contributed by atoms with van der Waals surface area (Å²) < 4.78 is 35.6. The van der Waals surface area contributed by atoms with Gasteiger partial charge in [-0.2, -0.15) is 0 Å². The Morgan fingerprint density at radius 1 is 1.32 bits per heavy atom. The maximum absolute atomic E-state index is 15.3. The number of ether oxygens (including phenoxy) is 1. The molecule has 1 aromatic carbocycles. The summed E-state index contributed by atoms with van der Waals surface area (Å²) in [5.74, 6) is -4.30. The molecule has 1 saturated heterocycles. The summed E-state index contributed by atoms with van der Waals surface area (Å²) in [5, 5.41) is 0. The predicted molar refractivity (Wildman–Crippen MR) is 93.5 cm³/mol. The molecule has 25 heavy (non-hydrogen) atoms. The molecule has 136 valence electrons. The molecule has 0 N–H and O–H groups in total. The monoisotopic (exact) mass is 348 g/mol. The molecular formula is C21H26F2O2. The second-order valence-corrected chi connectivity index (χ2v) is 7.96. The second-order valence-electron chi connectivity index (χ2n) is 7.96. The van der Waals surface area contributed by atoms with Crippen molar-refractivity contribution in [2.75, 3.05) is 6.61 Å². The third-order valence-corrected chi connectivity index (χ3v) is 6.05. The van der Waals surface area contributed by atoms with E-state index in [0.717, 1.165) is 0 Å². The third-order valence-electron chi connectivity index (χ3n) is 6.05. The number of Topliss-reactive ketones (excluding diaryl/α,β-unsaturated/α-hetero) is 1. The molecule has 3 rings (SSSR count). The van der Waals surface area contributed by atoms with Crippen molar-refractivity contribution in [3.63, 3.8) is 0 Å². The van der Waals surface area contributed by atoms with E-state index in [9.17, 15) is 4.79 Å². The molecule has 2 aliphatic rings. The van der Waals surface area contributed by atoms with Crippen molar-refractivity contribution < 1.29 is 18.3 Å². The van der Waals surface area contributed by atoms with E-state index >= 15 is 8.78 Å². The van der Waals surface area contributed by atoms with Gasteiger partial charge in [0.25, 0.3) is 5.92 Å². The molecule has 1 aliphatic heterocycles. The van der Waals surface area contributed by atoms with Crippen LogP contribution in [0, 0.1) is 17.3 Å². The van der Waals surface area contributed by atoms with Gasteiger partial charge >= 0.3 is 0 Å². The van der Waals surface area contributed by atoms with Crippen LogP contribution < -0.4 is 0 Å². The minimum absolute atomic E-state index is 0.0692. The maximum atomic E-state index is 15.3. The van der Waals surface area contributed by atoms with Crippen molar-refractivity contribution >= 4 is 5.78 Å². The summed E-state index contributed by atoms with van der Waals surface area (Å²) in [5.41, 5.74) is 0.199. The number of hydrogen-bond acceptors (Lipinski definition) is 2. The molecular weight excluding hydrogens is 322 g/mol. The fourth-order valence-corrected chi connectivity index (χ4v) is 4.02. The molecule has 2 nitrogen and oxygen atoms in total. The minimum atomic E-state index is -2.97. The van der Waals surface area contributed by atoms with E-state index in [4.69, 9.17) is 4.74 Å². The molecule has 1 saturated carbocycles. The van der Waals surface area contributed by atoms with Crippen molar-refractivity contribution in [3.05, 3.63) is 47.2 Å². The van der Waals surface area contributed by atoms with Crippen LogP contribution in [-0.2, 0) is 9.53 Å². The highest BCUT2D eigenvalue weighted by Crippen LogP contribution is 2.58. The van der Waals surface area contributed by atoms with Gasteiger partial charge in [0.2, 0.25) is 0 Å². The zero-order valence-corrected chi connectivity index (χ0v) is 15.3. The Morgan fingerprint density at radius 2 is 1.92 bits per heavy atom. The molecule has 0 radical (unpaired) electrons. The smallest absolute Gasteiger partial charge is 0.279 e. The highest BCUT2D eigenvalue weighted by Gasteiger charge is 2.59. The van der Waals surface area contributed by atoms with Crippen molar-refractivity contribution in [1.29, 1.82) is 0 Å². The van der Waals surface area contributed by atoms with E-state index in [0.29, 0.717) is 24.4 Å². The minimum Gasteiger partial charge on any atom is -0.486 e. The van der Waals surface area contributed by atoms with Crippen molar-refractivity contribution in [2.45, 2.75) is 52.4 Å². The first kappa shape index (κ1) is 18.1. The zero-order valence-electron chi connectivity index (χ0n) is 15.3. The molecule has 0 amide bonds. The largest absolute Gasteiger partial charge is 0.486 e. The Morgan fingerprint density at radius 3 is 2.44 bits per heavy atom. The number of carbonyl (C=O) groups is 1. The van der Waals surface area contributed by atoms with E-state index in [1.54, 1.807) is 24.3 Å². The van der Waals surface area contributed by atoms with Gasteiger partial charge in [-0.3, -0.25) is 4.79 Å². The summed E-state index contributed by atoms with van der Waals surface area (Å²) in [6.45, 7) is 7.88. The molecule has 1 aliphatic carbocycles. The highest BCUT2D eigenvalue weighted by molar-refractivity contribution is 5.86. The lowest BCUT2D eigenvalue weighted by atomic mass is 9.71. The Labute approximate surface area is 148 Å². The molecule has 1 aromatic rings. The van der Waals surface area contributed by atoms with Crippen LogP contribution in [0.2, 0.25) is 0 Å². The molecule has 2 fully saturated rings. The molecule has 4 heteroatoms. The first-order chi connectivity index (χ1) is 11.7. The van der Waals surface area contributed by atoms with E-state index in [1.807, 2.05) is 33.8 Å². The predicted octanol–water partition coefficient (Wildman–Crippen LogP) is 5.35. The summed E-state index contributed by atoms with van der Waals surface area (Å²) in [6, 6.07) is 8.88. The topological polar surface area (TPSA) is 29.6 Å². The van der Waals surface area contributed by atoms with Gasteiger partial charge in [-0.1, -0.05) is 58.0 Å². The third kappa shape index (κ3) is 3.11.